The Morgan fingerprint density at radius 2 is 1.86 bits per heavy atom. The molecule has 2 amide bonds. The van der Waals surface area contributed by atoms with Gasteiger partial charge < -0.3 is 15.1 Å². The fourth-order valence-electron chi connectivity index (χ4n) is 3.48. The van der Waals surface area contributed by atoms with Gasteiger partial charge in [0.25, 0.3) is 11.8 Å². The van der Waals surface area contributed by atoms with Crippen LogP contribution in [0.2, 0.25) is 0 Å². The molecule has 6 nitrogen and oxygen atoms in total. The Bertz CT molecular complexity index is 846. The highest BCUT2D eigenvalue weighted by molar-refractivity contribution is 7.98. The maximum Gasteiger partial charge on any atom is 0.256 e. The first-order valence-electron chi connectivity index (χ1n) is 9.83. The number of carbonyl (C=O) groups excluding carboxylic acids is 2. The molecule has 0 unspecified atom stereocenters. The zero-order chi connectivity index (χ0) is 20.8. The van der Waals surface area contributed by atoms with Gasteiger partial charge in [0, 0.05) is 51.2 Å². The summed E-state index contributed by atoms with van der Waals surface area (Å²) in [6, 6.07) is 11.2. The summed E-state index contributed by atoms with van der Waals surface area (Å²) >= 11 is 1.49. The number of nitrogens with zero attached hydrogens (tertiary/aromatic N) is 3. The zero-order valence-electron chi connectivity index (χ0n) is 17.2. The Balaban J connectivity index is 1.48. The number of benzene rings is 1. The van der Waals surface area contributed by atoms with Crippen molar-refractivity contribution < 1.29 is 9.59 Å². The number of nitrogens with one attached hydrogen (secondary N) is 1. The summed E-state index contributed by atoms with van der Waals surface area (Å²) < 4.78 is 0. The standard InChI is InChI=1S/C22H28N4O2S/c1-25(2)18-8-6-17(7-9-18)20(27)24-15-16-10-13-26(14-11-16)22(28)19-5-4-12-23-21(19)29-3/h4-9,12,16H,10-11,13-15H2,1-3H3,(H,24,27). The Hall–Kier alpha value is -2.54. The van der Waals surface area contributed by atoms with Gasteiger partial charge in [-0.15, -0.1) is 11.8 Å². The van der Waals surface area contributed by atoms with Crippen LogP contribution in [0.25, 0.3) is 0 Å². The van der Waals surface area contributed by atoms with Gasteiger partial charge in [-0.05, 0) is 61.4 Å². The summed E-state index contributed by atoms with van der Waals surface area (Å²) in [6.45, 7) is 2.05. The molecule has 0 spiro atoms. The van der Waals surface area contributed by atoms with Crippen LogP contribution in [0, 0.1) is 5.92 Å². The molecule has 7 heteroatoms. The monoisotopic (exact) mass is 412 g/mol. The van der Waals surface area contributed by atoms with Gasteiger partial charge in [-0.1, -0.05) is 0 Å². The number of carbonyl (C=O) groups is 2. The lowest BCUT2D eigenvalue weighted by Gasteiger charge is -2.32. The molecule has 1 saturated heterocycles. The normalized spacial score (nSPS) is 14.5. The van der Waals surface area contributed by atoms with Gasteiger partial charge in [0.2, 0.25) is 0 Å². The number of aromatic nitrogens is 1. The van der Waals surface area contributed by atoms with Gasteiger partial charge in [-0.3, -0.25) is 9.59 Å². The van der Waals surface area contributed by atoms with Gasteiger partial charge in [0.1, 0.15) is 5.03 Å². The van der Waals surface area contributed by atoms with E-state index in [2.05, 4.69) is 10.3 Å². The van der Waals surface area contributed by atoms with Crippen LogP contribution in [0.5, 0.6) is 0 Å². The van der Waals surface area contributed by atoms with Crippen LogP contribution >= 0.6 is 11.8 Å². The summed E-state index contributed by atoms with van der Waals surface area (Å²) in [5.74, 6) is 0.387. The maximum atomic E-state index is 12.8. The van der Waals surface area contributed by atoms with Crippen LogP contribution in [-0.2, 0) is 0 Å². The minimum absolute atomic E-state index is 0.0471. The third-order valence-corrected chi connectivity index (χ3v) is 6.01. The number of hydrogen-bond donors (Lipinski definition) is 1. The molecule has 3 rings (SSSR count). The average Bonchev–Trinajstić information content (AvgIpc) is 2.77. The van der Waals surface area contributed by atoms with Crippen molar-refractivity contribution in [3.05, 3.63) is 53.7 Å². The van der Waals surface area contributed by atoms with Crippen molar-refractivity contribution in [2.75, 3.05) is 44.9 Å². The predicted molar refractivity (Wildman–Crippen MR) is 118 cm³/mol. The molecule has 1 aliphatic rings. The summed E-state index contributed by atoms with van der Waals surface area (Å²) in [7, 11) is 3.95. The predicted octanol–water partition coefficient (Wildman–Crippen LogP) is 3.15. The molecule has 1 aliphatic heterocycles. The average molecular weight is 413 g/mol. The summed E-state index contributed by atoms with van der Waals surface area (Å²) in [5, 5.41) is 3.81. The Kier molecular flexibility index (Phi) is 7.14. The van der Waals surface area contributed by atoms with E-state index in [9.17, 15) is 9.59 Å². The fraction of sp³-hybridized carbons (Fsp3) is 0.409. The van der Waals surface area contributed by atoms with Gasteiger partial charge in [-0.2, -0.15) is 0 Å². The van der Waals surface area contributed by atoms with Crippen LogP contribution in [0.4, 0.5) is 5.69 Å². The van der Waals surface area contributed by atoms with E-state index in [1.54, 1.807) is 12.3 Å². The van der Waals surface area contributed by atoms with Crippen molar-refractivity contribution in [1.82, 2.24) is 15.2 Å². The van der Waals surface area contributed by atoms with Gasteiger partial charge >= 0.3 is 0 Å². The lowest BCUT2D eigenvalue weighted by molar-refractivity contribution is 0.0680. The number of likely N-dealkylation sites (tertiary alicyclic amines) is 1. The smallest absolute Gasteiger partial charge is 0.256 e. The van der Waals surface area contributed by atoms with E-state index in [4.69, 9.17) is 0 Å². The molecule has 1 fully saturated rings. The molecule has 1 N–H and O–H groups in total. The summed E-state index contributed by atoms with van der Waals surface area (Å²) in [4.78, 5) is 33.4. The molecule has 154 valence electrons. The summed E-state index contributed by atoms with van der Waals surface area (Å²) in [6.07, 6.45) is 5.43. The SMILES string of the molecule is CSc1ncccc1C(=O)N1CCC(CNC(=O)c2ccc(N(C)C)cc2)CC1. The van der Waals surface area contributed by atoms with E-state index >= 15 is 0 Å². The third-order valence-electron chi connectivity index (χ3n) is 5.29. The van der Waals surface area contributed by atoms with Crippen molar-refractivity contribution in [2.24, 2.45) is 5.92 Å². The van der Waals surface area contributed by atoms with Gasteiger partial charge in [0.05, 0.1) is 5.56 Å². The topological polar surface area (TPSA) is 65.5 Å². The van der Waals surface area contributed by atoms with Crippen molar-refractivity contribution in [2.45, 2.75) is 17.9 Å². The van der Waals surface area contributed by atoms with E-state index in [0.29, 0.717) is 36.7 Å². The molecule has 0 radical (unpaired) electrons. The molecule has 2 aromatic rings. The molecule has 1 aromatic carbocycles. The van der Waals surface area contributed by atoms with Crippen molar-refractivity contribution >= 4 is 29.3 Å². The molecular weight excluding hydrogens is 384 g/mol. The molecule has 0 saturated carbocycles. The molecule has 0 atom stereocenters. The number of anilines is 1. The van der Waals surface area contributed by atoms with Crippen molar-refractivity contribution in [3.63, 3.8) is 0 Å². The zero-order valence-corrected chi connectivity index (χ0v) is 18.0. The van der Waals surface area contributed by atoms with Gasteiger partial charge in [0.15, 0.2) is 0 Å². The maximum absolute atomic E-state index is 12.8. The van der Waals surface area contributed by atoms with E-state index in [0.717, 1.165) is 23.6 Å². The van der Waals surface area contributed by atoms with Crippen LogP contribution in [0.3, 0.4) is 0 Å². The van der Waals surface area contributed by atoms with Crippen LogP contribution < -0.4 is 10.2 Å². The first-order valence-corrected chi connectivity index (χ1v) is 11.1. The minimum atomic E-state index is -0.0474. The highest BCUT2D eigenvalue weighted by atomic mass is 32.2. The molecule has 2 heterocycles. The number of hydrogen-bond acceptors (Lipinski definition) is 5. The lowest BCUT2D eigenvalue weighted by atomic mass is 9.96. The molecule has 1 aromatic heterocycles. The first kappa shape index (κ1) is 21.2. The van der Waals surface area contributed by atoms with Crippen LogP contribution in [-0.4, -0.2) is 61.7 Å². The van der Waals surface area contributed by atoms with Gasteiger partial charge in [-0.25, -0.2) is 4.98 Å². The van der Waals surface area contributed by atoms with E-state index in [1.807, 2.05) is 60.5 Å². The Labute approximate surface area is 176 Å². The fourth-order valence-corrected chi connectivity index (χ4v) is 4.02. The Morgan fingerprint density at radius 1 is 1.17 bits per heavy atom. The first-order chi connectivity index (χ1) is 14.0. The quantitative estimate of drug-likeness (QED) is 0.739. The second-order valence-electron chi connectivity index (χ2n) is 7.45. The van der Waals surface area contributed by atoms with E-state index in [-0.39, 0.29) is 11.8 Å². The molecule has 0 bridgehead atoms. The second-order valence-corrected chi connectivity index (χ2v) is 8.24. The lowest BCUT2D eigenvalue weighted by Crippen LogP contribution is -2.41. The largest absolute Gasteiger partial charge is 0.378 e. The van der Waals surface area contributed by atoms with Crippen LogP contribution in [0.1, 0.15) is 33.6 Å². The second kappa shape index (κ2) is 9.78. The number of pyridine rings is 1. The van der Waals surface area contributed by atoms with Crippen molar-refractivity contribution in [1.29, 1.82) is 0 Å². The summed E-state index contributed by atoms with van der Waals surface area (Å²) in [5.41, 5.74) is 2.41. The number of piperidine rings is 1. The number of amides is 2. The number of thioether (sulfide) groups is 1. The molecular formula is C22H28N4O2S. The van der Waals surface area contributed by atoms with Crippen molar-refractivity contribution in [3.8, 4) is 0 Å². The van der Waals surface area contributed by atoms with E-state index < -0.39 is 0 Å². The van der Waals surface area contributed by atoms with Crippen LogP contribution in [0.15, 0.2) is 47.6 Å². The highest BCUT2D eigenvalue weighted by Gasteiger charge is 2.25. The number of rotatable bonds is 6. The molecule has 29 heavy (non-hydrogen) atoms. The third kappa shape index (κ3) is 5.29. The highest BCUT2D eigenvalue weighted by Crippen LogP contribution is 2.23. The molecule has 0 aliphatic carbocycles. The Morgan fingerprint density at radius 3 is 2.48 bits per heavy atom. The minimum Gasteiger partial charge on any atom is -0.378 e. The van der Waals surface area contributed by atoms with E-state index in [1.165, 1.54) is 11.8 Å².